The summed E-state index contributed by atoms with van der Waals surface area (Å²) in [5.41, 5.74) is 0.0864. The molecule has 0 aliphatic carbocycles. The summed E-state index contributed by atoms with van der Waals surface area (Å²) >= 11 is 0. The number of hydrogen-bond acceptors (Lipinski definition) is 2. The number of carbonyl (C=O) groups excluding carboxylic acids is 2. The van der Waals surface area contributed by atoms with Crippen LogP contribution in [0.4, 0.5) is 0 Å². The largest absolute Gasteiger partial charge is 0.347 e. The Balaban J connectivity index is 2.59. The fourth-order valence-corrected chi connectivity index (χ4v) is 1.48. The van der Waals surface area contributed by atoms with Crippen LogP contribution in [0.5, 0.6) is 0 Å². The maximum atomic E-state index is 11.5. The first-order chi connectivity index (χ1) is 6.38. The highest BCUT2D eigenvalue weighted by atomic mass is 16.2. The molecule has 0 unspecified atom stereocenters. The highest BCUT2D eigenvalue weighted by molar-refractivity contribution is 5.87. The summed E-state index contributed by atoms with van der Waals surface area (Å²) in [7, 11) is 0. The van der Waals surface area contributed by atoms with Crippen molar-refractivity contribution in [2.75, 3.05) is 19.6 Å². The predicted octanol–water partition coefficient (Wildman–Crippen LogP) is 0.381. The minimum atomic E-state index is -0.0326. The van der Waals surface area contributed by atoms with E-state index in [4.69, 9.17) is 0 Å². The van der Waals surface area contributed by atoms with E-state index in [-0.39, 0.29) is 23.8 Å². The summed E-state index contributed by atoms with van der Waals surface area (Å²) in [6, 6.07) is 0. The Kier molecular flexibility index (Phi) is 3.13. The van der Waals surface area contributed by atoms with Gasteiger partial charge in [-0.05, 0) is 5.41 Å². The molecule has 1 aliphatic rings. The lowest BCUT2D eigenvalue weighted by molar-refractivity contribution is -0.131. The van der Waals surface area contributed by atoms with Crippen LogP contribution in [0.25, 0.3) is 0 Å². The van der Waals surface area contributed by atoms with Crippen LogP contribution in [0.1, 0.15) is 27.2 Å². The lowest BCUT2D eigenvalue weighted by Crippen LogP contribution is -2.40. The highest BCUT2D eigenvalue weighted by Crippen LogP contribution is 2.16. The quantitative estimate of drug-likeness (QED) is 0.662. The third kappa shape index (κ3) is 3.36. The molecule has 0 atom stereocenters. The Morgan fingerprint density at radius 3 is 2.57 bits per heavy atom. The maximum Gasteiger partial charge on any atom is 0.241 e. The average Bonchev–Trinajstić information content (AvgIpc) is 2.17. The molecule has 2 amide bonds. The van der Waals surface area contributed by atoms with Crippen LogP contribution in [0.2, 0.25) is 0 Å². The second-order valence-electron chi connectivity index (χ2n) is 4.90. The van der Waals surface area contributed by atoms with E-state index in [1.165, 1.54) is 0 Å². The van der Waals surface area contributed by atoms with Gasteiger partial charge in [0.15, 0.2) is 0 Å². The van der Waals surface area contributed by atoms with Gasteiger partial charge in [-0.1, -0.05) is 20.8 Å². The molecule has 1 N–H and O–H groups in total. The van der Waals surface area contributed by atoms with Crippen molar-refractivity contribution in [3.05, 3.63) is 0 Å². The molecule has 0 spiro atoms. The number of hydrogen-bond donors (Lipinski definition) is 1. The fraction of sp³-hybridized carbons (Fsp3) is 0.800. The molecule has 4 heteroatoms. The van der Waals surface area contributed by atoms with E-state index >= 15 is 0 Å². The second kappa shape index (κ2) is 3.98. The molecular formula is C10H18N2O2. The summed E-state index contributed by atoms with van der Waals surface area (Å²) in [6.45, 7) is 7.65. The second-order valence-corrected chi connectivity index (χ2v) is 4.90. The predicted molar refractivity (Wildman–Crippen MR) is 53.7 cm³/mol. The summed E-state index contributed by atoms with van der Waals surface area (Å²) < 4.78 is 0. The van der Waals surface area contributed by atoms with Gasteiger partial charge in [0.2, 0.25) is 11.8 Å². The molecule has 14 heavy (non-hydrogen) atoms. The van der Waals surface area contributed by atoms with Crippen molar-refractivity contribution in [2.24, 2.45) is 5.41 Å². The standard InChI is InChI=1S/C10H18N2O2/c1-10(2,3)7-12-5-4-8(13)11-6-9(12)14/h4-7H2,1-3H3,(H,11,13). The molecule has 0 radical (unpaired) electrons. The van der Waals surface area contributed by atoms with Crippen LogP contribution in [0.15, 0.2) is 0 Å². The maximum absolute atomic E-state index is 11.5. The Morgan fingerprint density at radius 2 is 2.00 bits per heavy atom. The normalized spacial score (nSPS) is 19.2. The first-order valence-electron chi connectivity index (χ1n) is 4.93. The molecule has 1 heterocycles. The van der Waals surface area contributed by atoms with Crippen molar-refractivity contribution >= 4 is 11.8 Å². The van der Waals surface area contributed by atoms with Gasteiger partial charge < -0.3 is 10.2 Å². The van der Waals surface area contributed by atoms with Gasteiger partial charge in [0.05, 0.1) is 6.54 Å². The van der Waals surface area contributed by atoms with Crippen LogP contribution < -0.4 is 5.32 Å². The van der Waals surface area contributed by atoms with Crippen LogP contribution in [-0.4, -0.2) is 36.3 Å². The van der Waals surface area contributed by atoms with Crippen LogP contribution in [0.3, 0.4) is 0 Å². The third-order valence-corrected chi connectivity index (χ3v) is 2.06. The average molecular weight is 198 g/mol. The smallest absolute Gasteiger partial charge is 0.241 e. The minimum absolute atomic E-state index is 0.0192. The molecule has 0 aromatic rings. The lowest BCUT2D eigenvalue weighted by atomic mass is 9.96. The summed E-state index contributed by atoms with van der Waals surface area (Å²) in [5.74, 6) is -0.0134. The van der Waals surface area contributed by atoms with E-state index < -0.39 is 0 Å². The molecule has 1 fully saturated rings. The van der Waals surface area contributed by atoms with Gasteiger partial charge in [-0.2, -0.15) is 0 Å². The van der Waals surface area contributed by atoms with E-state index in [0.717, 1.165) is 0 Å². The van der Waals surface area contributed by atoms with E-state index in [1.54, 1.807) is 4.90 Å². The SMILES string of the molecule is CC(C)(C)CN1CCC(=O)NCC1=O. The van der Waals surface area contributed by atoms with Gasteiger partial charge in [0, 0.05) is 19.5 Å². The van der Waals surface area contributed by atoms with Gasteiger partial charge in [-0.15, -0.1) is 0 Å². The zero-order valence-corrected chi connectivity index (χ0v) is 9.09. The van der Waals surface area contributed by atoms with Crippen molar-refractivity contribution in [2.45, 2.75) is 27.2 Å². The van der Waals surface area contributed by atoms with E-state index in [1.807, 2.05) is 0 Å². The van der Waals surface area contributed by atoms with Crippen molar-refractivity contribution in [3.8, 4) is 0 Å². The van der Waals surface area contributed by atoms with Crippen molar-refractivity contribution < 1.29 is 9.59 Å². The Morgan fingerprint density at radius 1 is 1.36 bits per heavy atom. The molecule has 0 bridgehead atoms. The zero-order chi connectivity index (χ0) is 10.8. The summed E-state index contributed by atoms with van der Waals surface area (Å²) in [4.78, 5) is 24.4. The van der Waals surface area contributed by atoms with Crippen LogP contribution in [0, 0.1) is 5.41 Å². The van der Waals surface area contributed by atoms with Crippen LogP contribution in [-0.2, 0) is 9.59 Å². The van der Waals surface area contributed by atoms with Crippen molar-refractivity contribution in [3.63, 3.8) is 0 Å². The highest BCUT2D eigenvalue weighted by Gasteiger charge is 2.24. The first-order valence-corrected chi connectivity index (χ1v) is 4.93. The van der Waals surface area contributed by atoms with Gasteiger partial charge >= 0.3 is 0 Å². The van der Waals surface area contributed by atoms with E-state index in [9.17, 15) is 9.59 Å². The number of carbonyl (C=O) groups is 2. The molecule has 0 aromatic carbocycles. The van der Waals surface area contributed by atoms with Gasteiger partial charge in [0.25, 0.3) is 0 Å². The molecule has 0 saturated carbocycles. The number of amides is 2. The summed E-state index contributed by atoms with van der Waals surface area (Å²) in [5, 5.41) is 2.58. The van der Waals surface area contributed by atoms with E-state index in [2.05, 4.69) is 26.1 Å². The van der Waals surface area contributed by atoms with Crippen LogP contribution >= 0.6 is 0 Å². The Bertz CT molecular complexity index is 243. The molecule has 1 saturated heterocycles. The van der Waals surface area contributed by atoms with Gasteiger partial charge in [0.1, 0.15) is 0 Å². The monoisotopic (exact) mass is 198 g/mol. The fourth-order valence-electron chi connectivity index (χ4n) is 1.48. The molecule has 1 aliphatic heterocycles. The minimum Gasteiger partial charge on any atom is -0.347 e. The molecular weight excluding hydrogens is 180 g/mol. The molecule has 0 aromatic heterocycles. The molecule has 80 valence electrons. The third-order valence-electron chi connectivity index (χ3n) is 2.06. The topological polar surface area (TPSA) is 49.4 Å². The summed E-state index contributed by atoms with van der Waals surface area (Å²) in [6.07, 6.45) is 0.418. The molecule has 1 rings (SSSR count). The van der Waals surface area contributed by atoms with E-state index in [0.29, 0.717) is 19.5 Å². The zero-order valence-electron chi connectivity index (χ0n) is 9.09. The Hall–Kier alpha value is -1.06. The van der Waals surface area contributed by atoms with Gasteiger partial charge in [-0.25, -0.2) is 0 Å². The van der Waals surface area contributed by atoms with Crippen molar-refractivity contribution in [1.82, 2.24) is 10.2 Å². The van der Waals surface area contributed by atoms with Crippen molar-refractivity contribution in [1.29, 1.82) is 0 Å². The molecule has 4 nitrogen and oxygen atoms in total. The Labute approximate surface area is 84.7 Å². The first kappa shape index (κ1) is 11.0. The lowest BCUT2D eigenvalue weighted by Gasteiger charge is -2.28. The number of rotatable bonds is 1. The van der Waals surface area contributed by atoms with Gasteiger partial charge in [-0.3, -0.25) is 9.59 Å². The number of nitrogens with one attached hydrogen (secondary N) is 1. The number of nitrogens with zero attached hydrogens (tertiary/aromatic N) is 1.